The number of nitrogens with zero attached hydrogens (tertiary/aromatic N) is 1. The lowest BCUT2D eigenvalue weighted by Crippen LogP contribution is -2.40. The fraction of sp³-hybridized carbons (Fsp3) is 0.514. The maximum absolute atomic E-state index is 14.0. The fourth-order valence-corrected chi connectivity index (χ4v) is 4.31. The first-order valence-electron chi connectivity index (χ1n) is 16.2. The molecule has 0 aromatic heterocycles. The summed E-state index contributed by atoms with van der Waals surface area (Å²) in [6.07, 6.45) is 2.02. The molecule has 2 aromatic carbocycles. The quantitative estimate of drug-likeness (QED) is 0.151. The Bertz CT molecular complexity index is 1440. The van der Waals surface area contributed by atoms with Crippen LogP contribution in [0.25, 0.3) is 0 Å². The van der Waals surface area contributed by atoms with Crippen LogP contribution < -0.4 is 19.5 Å². The van der Waals surface area contributed by atoms with Crippen LogP contribution in [0.15, 0.2) is 49.1 Å². The minimum absolute atomic E-state index is 0.0240. The van der Waals surface area contributed by atoms with E-state index in [-0.39, 0.29) is 49.1 Å². The molecule has 0 saturated heterocycles. The van der Waals surface area contributed by atoms with Gasteiger partial charge in [-0.15, -0.1) is 6.58 Å². The number of esters is 2. The predicted octanol–water partition coefficient (Wildman–Crippen LogP) is 7.51. The van der Waals surface area contributed by atoms with Crippen molar-refractivity contribution >= 4 is 29.6 Å². The molecular weight excluding hydrogens is 616 g/mol. The molecule has 0 unspecified atom stereocenters. The third-order valence-electron chi connectivity index (χ3n) is 6.01. The van der Waals surface area contributed by atoms with Gasteiger partial charge in [0.15, 0.2) is 6.61 Å². The van der Waals surface area contributed by atoms with Crippen molar-refractivity contribution in [2.75, 3.05) is 18.5 Å². The highest BCUT2D eigenvalue weighted by Crippen LogP contribution is 2.29. The molecule has 0 saturated carbocycles. The first-order chi connectivity index (χ1) is 22.3. The number of carbonyl (C=O) groups excluding carboxylic acids is 4. The van der Waals surface area contributed by atoms with Gasteiger partial charge in [0.1, 0.15) is 28.5 Å². The number of urea groups is 1. The Balaban J connectivity index is 2.41. The summed E-state index contributed by atoms with van der Waals surface area (Å²) in [5.41, 5.74) is -0.0817. The largest absolute Gasteiger partial charge is 0.491 e. The van der Waals surface area contributed by atoms with E-state index in [1.54, 1.807) is 45.0 Å². The van der Waals surface area contributed by atoms with Gasteiger partial charge in [0.05, 0.1) is 17.9 Å². The number of rotatable bonds is 15. The number of benzene rings is 2. The van der Waals surface area contributed by atoms with Crippen LogP contribution in [0.2, 0.25) is 0 Å². The minimum atomic E-state index is -0.703. The van der Waals surface area contributed by atoms with Gasteiger partial charge in [-0.2, -0.15) is 0 Å². The van der Waals surface area contributed by atoms with Crippen LogP contribution in [0.3, 0.4) is 0 Å². The predicted molar refractivity (Wildman–Crippen MR) is 185 cm³/mol. The van der Waals surface area contributed by atoms with E-state index in [1.807, 2.05) is 54.5 Å². The van der Waals surface area contributed by atoms with Crippen molar-refractivity contribution in [2.45, 2.75) is 112 Å². The lowest BCUT2D eigenvalue weighted by molar-refractivity contribution is -0.157. The molecule has 0 aliphatic heterocycles. The highest BCUT2D eigenvalue weighted by atomic mass is 16.6. The molecule has 2 aromatic rings. The molecule has 11 heteroatoms. The standard InChI is InChI=1S/C37H52N2O9/c1-12-13-18-39(34(42)27-20-28(22-29(21-27)45-24(2)3)44-23-33(41)48-37(9,10)11)35(43)38-30-19-26(14-16-31(30)46-25(4)5)15-17-32(40)47-36(6,7)8/h12,14,16,19-22,24-25H,1,13,15,17-18,23H2,2-11H3,(H,38,43). The first-order valence-corrected chi connectivity index (χ1v) is 16.2. The molecule has 48 heavy (non-hydrogen) atoms. The molecule has 0 aliphatic rings. The lowest BCUT2D eigenvalue weighted by atomic mass is 10.1. The molecule has 1 N–H and O–H groups in total. The molecule has 2 rings (SSSR count). The Morgan fingerprint density at radius 3 is 2.02 bits per heavy atom. The average molecular weight is 669 g/mol. The molecule has 3 amide bonds. The van der Waals surface area contributed by atoms with Crippen molar-refractivity contribution in [3.63, 3.8) is 0 Å². The van der Waals surface area contributed by atoms with Crippen LogP contribution >= 0.6 is 0 Å². The summed E-state index contributed by atoms with van der Waals surface area (Å²) in [6.45, 7) is 21.4. The Labute approximate surface area is 284 Å². The highest BCUT2D eigenvalue weighted by molar-refractivity contribution is 6.08. The smallest absolute Gasteiger partial charge is 0.344 e. The number of ether oxygens (including phenoxy) is 5. The Hall–Kier alpha value is -4.54. The van der Waals surface area contributed by atoms with Crippen molar-refractivity contribution in [3.05, 3.63) is 60.2 Å². The summed E-state index contributed by atoms with van der Waals surface area (Å²) in [6, 6.07) is 9.07. The number of nitrogens with one attached hydrogen (secondary N) is 1. The monoisotopic (exact) mass is 668 g/mol. The zero-order valence-electron chi connectivity index (χ0n) is 30.1. The Morgan fingerprint density at radius 1 is 0.833 bits per heavy atom. The van der Waals surface area contributed by atoms with E-state index >= 15 is 0 Å². The second kappa shape index (κ2) is 17.6. The van der Waals surface area contributed by atoms with Crippen LogP contribution in [-0.2, 0) is 25.5 Å². The van der Waals surface area contributed by atoms with Gasteiger partial charge in [0, 0.05) is 24.6 Å². The first kappa shape index (κ1) is 39.6. The third-order valence-corrected chi connectivity index (χ3v) is 6.01. The van der Waals surface area contributed by atoms with Crippen LogP contribution in [0.1, 0.15) is 98.0 Å². The maximum atomic E-state index is 14.0. The van der Waals surface area contributed by atoms with Crippen molar-refractivity contribution < 1.29 is 42.9 Å². The van der Waals surface area contributed by atoms with E-state index in [1.165, 1.54) is 12.1 Å². The summed E-state index contributed by atoms with van der Waals surface area (Å²) >= 11 is 0. The van der Waals surface area contributed by atoms with Crippen molar-refractivity contribution in [1.29, 1.82) is 0 Å². The van der Waals surface area contributed by atoms with Gasteiger partial charge >= 0.3 is 18.0 Å². The normalized spacial score (nSPS) is 11.5. The maximum Gasteiger partial charge on any atom is 0.344 e. The zero-order chi connectivity index (χ0) is 36.2. The lowest BCUT2D eigenvalue weighted by Gasteiger charge is -2.23. The summed E-state index contributed by atoms with van der Waals surface area (Å²) in [4.78, 5) is 53.5. The molecule has 11 nitrogen and oxygen atoms in total. The second-order valence-electron chi connectivity index (χ2n) is 13.8. The van der Waals surface area contributed by atoms with Crippen molar-refractivity contribution in [3.8, 4) is 17.2 Å². The second-order valence-corrected chi connectivity index (χ2v) is 13.8. The summed E-state index contributed by atoms with van der Waals surface area (Å²) < 4.78 is 28.2. The summed E-state index contributed by atoms with van der Waals surface area (Å²) in [7, 11) is 0. The molecule has 0 heterocycles. The molecule has 0 spiro atoms. The SMILES string of the molecule is C=CCCN(C(=O)Nc1cc(CCC(=O)OC(C)(C)C)ccc1OC(C)C)C(=O)c1cc(OCC(=O)OC(C)(C)C)cc(OC(C)C)c1. The molecule has 0 fully saturated rings. The van der Waals surface area contributed by atoms with Gasteiger partial charge in [-0.1, -0.05) is 12.1 Å². The van der Waals surface area contributed by atoms with Crippen LogP contribution in [-0.4, -0.2) is 65.3 Å². The van der Waals surface area contributed by atoms with E-state index in [0.717, 1.165) is 10.5 Å². The van der Waals surface area contributed by atoms with Crippen LogP contribution in [0, 0.1) is 0 Å². The molecule has 0 aliphatic carbocycles. The van der Waals surface area contributed by atoms with Crippen molar-refractivity contribution in [1.82, 2.24) is 4.90 Å². The fourth-order valence-electron chi connectivity index (χ4n) is 4.31. The van der Waals surface area contributed by atoms with Gasteiger partial charge in [-0.05, 0) is 112 Å². The van der Waals surface area contributed by atoms with Crippen LogP contribution in [0.5, 0.6) is 17.2 Å². The molecular formula is C37H52N2O9. The number of hydrogen-bond donors (Lipinski definition) is 1. The van der Waals surface area contributed by atoms with E-state index in [0.29, 0.717) is 30.0 Å². The van der Waals surface area contributed by atoms with Crippen LogP contribution in [0.4, 0.5) is 10.5 Å². The van der Waals surface area contributed by atoms with Gasteiger partial charge in [-0.25, -0.2) is 9.59 Å². The topological polar surface area (TPSA) is 130 Å². The van der Waals surface area contributed by atoms with E-state index in [9.17, 15) is 19.2 Å². The number of hydrogen-bond acceptors (Lipinski definition) is 9. The van der Waals surface area contributed by atoms with Gasteiger partial charge < -0.3 is 29.0 Å². The number of anilines is 1. The number of aryl methyl sites for hydroxylation is 1. The average Bonchev–Trinajstić information content (AvgIpc) is 2.93. The summed E-state index contributed by atoms with van der Waals surface area (Å²) in [5.74, 6) is -0.625. The highest BCUT2D eigenvalue weighted by Gasteiger charge is 2.26. The molecule has 0 atom stereocenters. The van der Waals surface area contributed by atoms with E-state index in [2.05, 4.69) is 11.9 Å². The molecule has 0 bridgehead atoms. The Morgan fingerprint density at radius 2 is 1.44 bits per heavy atom. The minimum Gasteiger partial charge on any atom is -0.491 e. The number of amides is 3. The van der Waals surface area contributed by atoms with Crippen molar-refractivity contribution in [2.24, 2.45) is 0 Å². The number of carbonyl (C=O) groups is 4. The third kappa shape index (κ3) is 14.5. The zero-order valence-corrected chi connectivity index (χ0v) is 30.1. The Kier molecular flexibility index (Phi) is 14.5. The molecule has 0 radical (unpaired) electrons. The number of imide groups is 1. The van der Waals surface area contributed by atoms with E-state index < -0.39 is 29.1 Å². The van der Waals surface area contributed by atoms with Gasteiger partial charge in [0.2, 0.25) is 0 Å². The van der Waals surface area contributed by atoms with E-state index in [4.69, 9.17) is 23.7 Å². The summed E-state index contributed by atoms with van der Waals surface area (Å²) in [5, 5.41) is 2.83. The molecule has 264 valence electrons. The van der Waals surface area contributed by atoms with Gasteiger partial charge in [-0.3, -0.25) is 14.5 Å². The van der Waals surface area contributed by atoms with Gasteiger partial charge in [0.25, 0.3) is 5.91 Å².